The molecule has 0 aromatic carbocycles. The number of rotatable bonds is 2. The van der Waals surface area contributed by atoms with Gasteiger partial charge in [0.2, 0.25) is 5.91 Å². The van der Waals surface area contributed by atoms with Crippen LogP contribution in [0.1, 0.15) is 28.4 Å². The number of hydrogen-bond donors (Lipinski definition) is 1. The number of carbonyl (C=O) groups is 2. The van der Waals surface area contributed by atoms with Gasteiger partial charge in [-0.1, -0.05) is 0 Å². The van der Waals surface area contributed by atoms with E-state index in [0.29, 0.717) is 24.3 Å². The summed E-state index contributed by atoms with van der Waals surface area (Å²) in [6.07, 6.45) is 3.89. The first-order chi connectivity index (χ1) is 9.09. The molecular weight excluding hydrogens is 246 g/mol. The van der Waals surface area contributed by atoms with Crippen LogP contribution in [0.15, 0.2) is 18.5 Å². The number of fused-ring (bicyclic) bond motifs is 1. The molecule has 1 fully saturated rings. The van der Waals surface area contributed by atoms with E-state index in [1.54, 1.807) is 30.4 Å². The first-order valence-electron chi connectivity index (χ1n) is 5.97. The Morgan fingerprint density at radius 2 is 2.32 bits per heavy atom. The van der Waals surface area contributed by atoms with Crippen LogP contribution in [0.25, 0.3) is 5.65 Å². The molecule has 0 radical (unpaired) electrons. The number of nitrogens with two attached hydrogens (primary N) is 1. The summed E-state index contributed by atoms with van der Waals surface area (Å²) < 4.78 is 1.49. The monoisotopic (exact) mass is 259 g/mol. The van der Waals surface area contributed by atoms with Crippen molar-refractivity contribution < 1.29 is 9.59 Å². The second kappa shape index (κ2) is 4.04. The fraction of sp³-hybridized carbons (Fsp3) is 0.333. The molecule has 3 heterocycles. The van der Waals surface area contributed by atoms with Crippen molar-refractivity contribution in [2.45, 2.75) is 12.3 Å². The summed E-state index contributed by atoms with van der Waals surface area (Å²) in [6.45, 7) is 0.656. The molecule has 2 N–H and O–H groups in total. The SMILES string of the molecule is CN1CCC(c2nn3cccnc3c2C(N)=O)C1=O. The summed E-state index contributed by atoms with van der Waals surface area (Å²) >= 11 is 0. The van der Waals surface area contributed by atoms with Gasteiger partial charge in [-0.15, -0.1) is 0 Å². The average Bonchev–Trinajstić information content (AvgIpc) is 2.91. The third-order valence-corrected chi connectivity index (χ3v) is 3.43. The molecule has 3 rings (SSSR count). The van der Waals surface area contributed by atoms with E-state index in [1.165, 1.54) is 4.52 Å². The highest BCUT2D eigenvalue weighted by Crippen LogP contribution is 2.30. The van der Waals surface area contributed by atoms with Gasteiger partial charge in [-0.25, -0.2) is 9.50 Å². The fourth-order valence-electron chi connectivity index (χ4n) is 2.46. The molecule has 7 heteroatoms. The normalized spacial score (nSPS) is 19.3. The Labute approximate surface area is 109 Å². The lowest BCUT2D eigenvalue weighted by Gasteiger charge is -2.08. The Kier molecular flexibility index (Phi) is 2.48. The van der Waals surface area contributed by atoms with Gasteiger partial charge in [0.1, 0.15) is 5.56 Å². The quantitative estimate of drug-likeness (QED) is 0.806. The number of aromatic nitrogens is 3. The summed E-state index contributed by atoms with van der Waals surface area (Å²) in [5.41, 5.74) is 6.49. The van der Waals surface area contributed by atoms with Crippen LogP contribution in [0.2, 0.25) is 0 Å². The molecule has 2 amide bonds. The van der Waals surface area contributed by atoms with Crippen LogP contribution in [0, 0.1) is 0 Å². The van der Waals surface area contributed by atoms with Gasteiger partial charge in [-0.05, 0) is 12.5 Å². The van der Waals surface area contributed by atoms with Gasteiger partial charge in [-0.2, -0.15) is 5.10 Å². The second-order valence-electron chi connectivity index (χ2n) is 4.61. The van der Waals surface area contributed by atoms with Crippen molar-refractivity contribution in [2.75, 3.05) is 13.6 Å². The van der Waals surface area contributed by atoms with Crippen LogP contribution in [0.3, 0.4) is 0 Å². The van der Waals surface area contributed by atoms with Gasteiger partial charge < -0.3 is 10.6 Å². The molecule has 1 aliphatic heterocycles. The fourth-order valence-corrected chi connectivity index (χ4v) is 2.46. The predicted molar refractivity (Wildman–Crippen MR) is 66.5 cm³/mol. The molecule has 2 aromatic heterocycles. The highest BCUT2D eigenvalue weighted by atomic mass is 16.2. The van der Waals surface area contributed by atoms with Gasteiger partial charge in [0.25, 0.3) is 5.91 Å². The Bertz CT molecular complexity index is 678. The largest absolute Gasteiger partial charge is 0.365 e. The maximum absolute atomic E-state index is 12.1. The molecule has 0 bridgehead atoms. The molecule has 0 saturated carbocycles. The maximum Gasteiger partial charge on any atom is 0.254 e. The number of likely N-dealkylation sites (N-methyl/N-ethyl adjacent to an activating group) is 1. The molecule has 0 aliphatic carbocycles. The zero-order valence-corrected chi connectivity index (χ0v) is 10.4. The van der Waals surface area contributed by atoms with Crippen molar-refractivity contribution in [1.82, 2.24) is 19.5 Å². The number of carbonyl (C=O) groups excluding carboxylic acids is 2. The molecule has 1 saturated heterocycles. The first kappa shape index (κ1) is 11.6. The van der Waals surface area contributed by atoms with E-state index in [-0.39, 0.29) is 11.5 Å². The second-order valence-corrected chi connectivity index (χ2v) is 4.61. The lowest BCUT2D eigenvalue weighted by molar-refractivity contribution is -0.127. The lowest BCUT2D eigenvalue weighted by atomic mass is 10.00. The predicted octanol–water partition coefficient (Wildman–Crippen LogP) is -0.226. The van der Waals surface area contributed by atoms with Crippen LogP contribution in [-0.2, 0) is 4.79 Å². The molecule has 1 aliphatic rings. The third-order valence-electron chi connectivity index (χ3n) is 3.43. The van der Waals surface area contributed by atoms with Crippen molar-refractivity contribution in [3.63, 3.8) is 0 Å². The Balaban J connectivity index is 2.21. The van der Waals surface area contributed by atoms with Crippen LogP contribution < -0.4 is 5.73 Å². The van der Waals surface area contributed by atoms with Gasteiger partial charge in [0, 0.05) is 26.0 Å². The van der Waals surface area contributed by atoms with E-state index in [9.17, 15) is 9.59 Å². The zero-order valence-electron chi connectivity index (χ0n) is 10.4. The number of hydrogen-bond acceptors (Lipinski definition) is 4. The van der Waals surface area contributed by atoms with Crippen LogP contribution >= 0.6 is 0 Å². The maximum atomic E-state index is 12.1. The van der Waals surface area contributed by atoms with E-state index in [0.717, 1.165) is 0 Å². The standard InChI is InChI=1S/C12H13N5O2/c1-16-6-3-7(12(16)19)9-8(10(13)18)11-14-4-2-5-17(11)15-9/h2,4-5,7H,3,6H2,1H3,(H2,13,18). The number of nitrogens with zero attached hydrogens (tertiary/aromatic N) is 4. The molecule has 19 heavy (non-hydrogen) atoms. The minimum Gasteiger partial charge on any atom is -0.365 e. The third kappa shape index (κ3) is 1.66. The summed E-state index contributed by atoms with van der Waals surface area (Å²) in [6, 6.07) is 1.71. The molecule has 2 aromatic rings. The van der Waals surface area contributed by atoms with Crippen LogP contribution in [-0.4, -0.2) is 44.9 Å². The summed E-state index contributed by atoms with van der Waals surface area (Å²) in [5, 5.41) is 4.31. The average molecular weight is 259 g/mol. The van der Waals surface area contributed by atoms with E-state index < -0.39 is 11.8 Å². The Hall–Kier alpha value is -2.44. The van der Waals surface area contributed by atoms with Crippen molar-refractivity contribution >= 4 is 17.5 Å². The molecular formula is C12H13N5O2. The number of primary amides is 1. The zero-order chi connectivity index (χ0) is 13.6. The van der Waals surface area contributed by atoms with Crippen molar-refractivity contribution in [3.8, 4) is 0 Å². The molecule has 1 atom stereocenters. The molecule has 0 spiro atoms. The van der Waals surface area contributed by atoms with E-state index in [1.807, 2.05) is 0 Å². The van der Waals surface area contributed by atoms with Gasteiger partial charge in [0.05, 0.1) is 11.6 Å². The molecule has 7 nitrogen and oxygen atoms in total. The van der Waals surface area contributed by atoms with E-state index >= 15 is 0 Å². The number of likely N-dealkylation sites (tertiary alicyclic amines) is 1. The lowest BCUT2D eigenvalue weighted by Crippen LogP contribution is -2.23. The topological polar surface area (TPSA) is 93.6 Å². The minimum absolute atomic E-state index is 0.0362. The van der Waals surface area contributed by atoms with Crippen molar-refractivity contribution in [1.29, 1.82) is 0 Å². The van der Waals surface area contributed by atoms with Gasteiger partial charge in [0.15, 0.2) is 5.65 Å². The minimum atomic E-state index is -0.606. The van der Waals surface area contributed by atoms with Gasteiger partial charge >= 0.3 is 0 Å². The van der Waals surface area contributed by atoms with Crippen molar-refractivity contribution in [3.05, 3.63) is 29.7 Å². The van der Waals surface area contributed by atoms with Crippen LogP contribution in [0.4, 0.5) is 0 Å². The summed E-state index contributed by atoms with van der Waals surface area (Å²) in [4.78, 5) is 29.5. The Morgan fingerprint density at radius 3 is 2.95 bits per heavy atom. The summed E-state index contributed by atoms with van der Waals surface area (Å²) in [7, 11) is 1.74. The highest BCUT2D eigenvalue weighted by molar-refractivity contribution is 6.02. The van der Waals surface area contributed by atoms with Gasteiger partial charge in [-0.3, -0.25) is 9.59 Å². The molecule has 1 unspecified atom stereocenters. The smallest absolute Gasteiger partial charge is 0.254 e. The van der Waals surface area contributed by atoms with E-state index in [2.05, 4.69) is 10.1 Å². The Morgan fingerprint density at radius 1 is 1.53 bits per heavy atom. The summed E-state index contributed by atoms with van der Waals surface area (Å²) in [5.74, 6) is -1.05. The van der Waals surface area contributed by atoms with E-state index in [4.69, 9.17) is 5.73 Å². The first-order valence-corrected chi connectivity index (χ1v) is 5.97. The number of amides is 2. The van der Waals surface area contributed by atoms with Crippen molar-refractivity contribution in [2.24, 2.45) is 5.73 Å². The van der Waals surface area contributed by atoms with Crippen LogP contribution in [0.5, 0.6) is 0 Å². The molecule has 98 valence electrons. The highest BCUT2D eigenvalue weighted by Gasteiger charge is 2.36.